The molecule has 0 spiro atoms. The molecule has 0 aliphatic heterocycles. The highest BCUT2D eigenvalue weighted by Crippen LogP contribution is 2.32. The highest BCUT2D eigenvalue weighted by molar-refractivity contribution is 6.28. The summed E-state index contributed by atoms with van der Waals surface area (Å²) in [4.78, 5) is 42.5. The maximum absolute atomic E-state index is 13.0. The van der Waals surface area contributed by atoms with E-state index in [4.69, 9.17) is 0 Å². The molecule has 1 heterocycles. The molecular formula is C20H15FN2O3. The number of benzene rings is 1. The lowest BCUT2D eigenvalue weighted by Gasteiger charge is -2.24. The number of hydrogen-bond acceptors (Lipinski definition) is 5. The highest BCUT2D eigenvalue weighted by atomic mass is 19.1. The van der Waals surface area contributed by atoms with E-state index in [1.54, 1.807) is 6.92 Å². The lowest BCUT2D eigenvalue weighted by molar-refractivity contribution is 0.0951. The molecule has 0 radical (unpaired) electrons. The summed E-state index contributed by atoms with van der Waals surface area (Å²) in [5.41, 5.74) is 2.26. The Bertz CT molecular complexity index is 1010. The van der Waals surface area contributed by atoms with Gasteiger partial charge in [0.2, 0.25) is 5.78 Å². The molecule has 0 amide bonds. The Kier molecular flexibility index (Phi) is 3.76. The molecule has 2 aliphatic carbocycles. The number of allylic oxidation sites excluding steroid dienone is 2. The van der Waals surface area contributed by atoms with Crippen molar-refractivity contribution in [1.29, 1.82) is 0 Å². The van der Waals surface area contributed by atoms with Crippen molar-refractivity contribution in [2.45, 2.75) is 26.2 Å². The maximum Gasteiger partial charge on any atom is 0.211 e. The van der Waals surface area contributed by atoms with Crippen LogP contribution in [0.25, 0.3) is 0 Å². The second-order valence-corrected chi connectivity index (χ2v) is 6.43. The number of ketones is 3. The van der Waals surface area contributed by atoms with E-state index in [-0.39, 0.29) is 28.4 Å². The quantitative estimate of drug-likeness (QED) is 0.898. The zero-order valence-corrected chi connectivity index (χ0v) is 14.1. The number of Topliss-reactive ketones (excluding diaryl/α,β-unsaturated/α-hetero) is 2. The van der Waals surface area contributed by atoms with Crippen LogP contribution in [0.5, 0.6) is 0 Å². The molecule has 0 saturated heterocycles. The summed E-state index contributed by atoms with van der Waals surface area (Å²) >= 11 is 0. The number of nitrogens with zero attached hydrogens (tertiary/aromatic N) is 1. The standard InChI is InChI=1S/C20H15FN2O3/c1-10-17-19(18-13(22-10)3-2-4-15(18)24)16(25)9-14(20(17)26)23-12-7-5-11(21)6-8-12/h5-9,23H,2-4H2,1H3. The topological polar surface area (TPSA) is 76.1 Å². The summed E-state index contributed by atoms with van der Waals surface area (Å²) in [6, 6.07) is 5.47. The normalized spacial score (nSPS) is 16.1. The first-order valence-corrected chi connectivity index (χ1v) is 8.35. The van der Waals surface area contributed by atoms with Crippen LogP contribution in [0.3, 0.4) is 0 Å². The van der Waals surface area contributed by atoms with Gasteiger partial charge in [-0.2, -0.15) is 0 Å². The predicted molar refractivity (Wildman–Crippen MR) is 93.0 cm³/mol. The Labute approximate surface area is 148 Å². The molecule has 1 aromatic heterocycles. The number of fused-ring (bicyclic) bond motifs is 3. The number of pyridine rings is 1. The maximum atomic E-state index is 13.0. The molecule has 0 unspecified atom stereocenters. The molecule has 6 heteroatoms. The van der Waals surface area contributed by atoms with E-state index in [0.29, 0.717) is 41.9 Å². The van der Waals surface area contributed by atoms with Gasteiger partial charge in [-0.1, -0.05) is 0 Å². The van der Waals surface area contributed by atoms with Gasteiger partial charge in [0.05, 0.1) is 22.5 Å². The van der Waals surface area contributed by atoms with Gasteiger partial charge in [0.1, 0.15) is 5.82 Å². The zero-order chi connectivity index (χ0) is 18.4. The van der Waals surface area contributed by atoms with Crippen LogP contribution >= 0.6 is 0 Å². The highest BCUT2D eigenvalue weighted by Gasteiger charge is 2.35. The Morgan fingerprint density at radius 2 is 1.73 bits per heavy atom. The molecule has 130 valence electrons. The van der Waals surface area contributed by atoms with E-state index in [1.165, 1.54) is 30.3 Å². The molecule has 1 aromatic carbocycles. The van der Waals surface area contributed by atoms with Crippen molar-refractivity contribution in [1.82, 2.24) is 4.98 Å². The summed E-state index contributed by atoms with van der Waals surface area (Å²) in [5.74, 6) is -1.32. The van der Waals surface area contributed by atoms with Gasteiger partial charge in [-0.05, 0) is 44.0 Å². The van der Waals surface area contributed by atoms with Gasteiger partial charge in [-0.15, -0.1) is 0 Å². The van der Waals surface area contributed by atoms with Crippen molar-refractivity contribution < 1.29 is 18.8 Å². The van der Waals surface area contributed by atoms with Gasteiger partial charge in [0.15, 0.2) is 11.6 Å². The summed E-state index contributed by atoms with van der Waals surface area (Å²) in [7, 11) is 0. The van der Waals surface area contributed by atoms with Crippen molar-refractivity contribution in [3.05, 3.63) is 69.9 Å². The first-order chi connectivity index (χ1) is 12.5. The van der Waals surface area contributed by atoms with Crippen LogP contribution in [0, 0.1) is 12.7 Å². The molecule has 0 atom stereocenters. The molecule has 2 aliphatic rings. The third-order valence-corrected chi connectivity index (χ3v) is 4.67. The predicted octanol–water partition coefficient (Wildman–Crippen LogP) is 3.42. The SMILES string of the molecule is Cc1nc2c(c3c1C(=O)C(Nc1ccc(F)cc1)=CC3=O)C(=O)CCC2. The number of carbonyl (C=O) groups is 3. The average Bonchev–Trinajstić information content (AvgIpc) is 2.60. The summed E-state index contributed by atoms with van der Waals surface area (Å²) in [6.45, 7) is 1.67. The lowest BCUT2D eigenvalue weighted by Crippen LogP contribution is -2.28. The molecule has 2 aromatic rings. The Balaban J connectivity index is 1.80. The fraction of sp³-hybridized carbons (Fsp3) is 0.200. The van der Waals surface area contributed by atoms with Crippen LogP contribution in [0.4, 0.5) is 10.1 Å². The Hall–Kier alpha value is -3.15. The molecule has 5 nitrogen and oxygen atoms in total. The smallest absolute Gasteiger partial charge is 0.211 e. The minimum atomic E-state index is -0.397. The molecule has 4 rings (SSSR count). The van der Waals surface area contributed by atoms with Gasteiger partial charge in [0.25, 0.3) is 0 Å². The number of aromatic nitrogens is 1. The second kappa shape index (κ2) is 5.98. The fourth-order valence-electron chi connectivity index (χ4n) is 3.50. The van der Waals surface area contributed by atoms with Crippen molar-refractivity contribution in [2.24, 2.45) is 0 Å². The Morgan fingerprint density at radius 1 is 1.00 bits per heavy atom. The Morgan fingerprint density at radius 3 is 2.46 bits per heavy atom. The average molecular weight is 350 g/mol. The van der Waals surface area contributed by atoms with Gasteiger partial charge >= 0.3 is 0 Å². The van der Waals surface area contributed by atoms with Crippen molar-refractivity contribution in [2.75, 3.05) is 5.32 Å². The largest absolute Gasteiger partial charge is 0.352 e. The number of nitrogens with one attached hydrogen (secondary N) is 1. The minimum absolute atomic E-state index is 0.0854. The van der Waals surface area contributed by atoms with Crippen LogP contribution < -0.4 is 5.32 Å². The van der Waals surface area contributed by atoms with E-state index in [1.807, 2.05) is 0 Å². The van der Waals surface area contributed by atoms with Crippen LogP contribution in [0.1, 0.15) is 55.3 Å². The molecule has 0 fully saturated rings. The monoisotopic (exact) mass is 350 g/mol. The van der Waals surface area contributed by atoms with Crippen molar-refractivity contribution in [3.63, 3.8) is 0 Å². The number of hydrogen-bond donors (Lipinski definition) is 1. The first-order valence-electron chi connectivity index (χ1n) is 8.35. The van der Waals surface area contributed by atoms with Gasteiger partial charge in [-0.25, -0.2) is 4.39 Å². The van der Waals surface area contributed by atoms with E-state index >= 15 is 0 Å². The van der Waals surface area contributed by atoms with Crippen molar-refractivity contribution >= 4 is 23.0 Å². The van der Waals surface area contributed by atoms with E-state index in [2.05, 4.69) is 10.3 Å². The number of anilines is 1. The fourth-order valence-corrected chi connectivity index (χ4v) is 3.50. The third-order valence-electron chi connectivity index (χ3n) is 4.67. The van der Waals surface area contributed by atoms with Gasteiger partial charge in [-0.3, -0.25) is 19.4 Å². The molecule has 1 N–H and O–H groups in total. The number of halogens is 1. The van der Waals surface area contributed by atoms with Crippen molar-refractivity contribution in [3.8, 4) is 0 Å². The summed E-state index contributed by atoms with van der Waals surface area (Å²) in [5, 5.41) is 2.86. The van der Waals surface area contributed by atoms with Crippen LogP contribution in [-0.4, -0.2) is 22.3 Å². The molecular weight excluding hydrogens is 335 g/mol. The van der Waals surface area contributed by atoms with E-state index in [0.717, 1.165) is 0 Å². The first kappa shape index (κ1) is 16.3. The van der Waals surface area contributed by atoms with Crippen LogP contribution in [-0.2, 0) is 6.42 Å². The van der Waals surface area contributed by atoms with Crippen LogP contribution in [0.15, 0.2) is 36.0 Å². The molecule has 26 heavy (non-hydrogen) atoms. The van der Waals surface area contributed by atoms with Gasteiger partial charge in [0, 0.05) is 29.4 Å². The van der Waals surface area contributed by atoms with E-state index < -0.39 is 11.6 Å². The number of aryl methyl sites for hydroxylation is 2. The molecule has 0 bridgehead atoms. The van der Waals surface area contributed by atoms with Gasteiger partial charge < -0.3 is 5.32 Å². The summed E-state index contributed by atoms with van der Waals surface area (Å²) in [6.07, 6.45) is 2.89. The summed E-state index contributed by atoms with van der Waals surface area (Å²) < 4.78 is 13.0. The minimum Gasteiger partial charge on any atom is -0.352 e. The molecule has 0 saturated carbocycles. The number of rotatable bonds is 2. The van der Waals surface area contributed by atoms with E-state index in [9.17, 15) is 18.8 Å². The number of carbonyl (C=O) groups excluding carboxylic acids is 3. The second-order valence-electron chi connectivity index (χ2n) is 6.43. The third kappa shape index (κ3) is 2.54. The van der Waals surface area contributed by atoms with Crippen LogP contribution in [0.2, 0.25) is 0 Å². The lowest BCUT2D eigenvalue weighted by atomic mass is 9.82. The zero-order valence-electron chi connectivity index (χ0n) is 14.1.